The maximum atomic E-state index is 12.1. The Labute approximate surface area is 140 Å². The molecule has 0 bridgehead atoms. The van der Waals surface area contributed by atoms with Crippen LogP contribution in [0.5, 0.6) is 0 Å². The summed E-state index contributed by atoms with van der Waals surface area (Å²) in [6.45, 7) is 12.5. The zero-order chi connectivity index (χ0) is 17.5. The molecule has 6 nitrogen and oxygen atoms in total. The van der Waals surface area contributed by atoms with Crippen LogP contribution in [0.25, 0.3) is 0 Å². The Bertz CT molecular complexity index is 391. The minimum Gasteiger partial charge on any atom is -0.444 e. The Morgan fingerprint density at radius 1 is 1.30 bits per heavy atom. The number of likely N-dealkylation sites (tertiary alicyclic amines) is 1. The van der Waals surface area contributed by atoms with Gasteiger partial charge in [-0.15, -0.1) is 0 Å². The molecule has 23 heavy (non-hydrogen) atoms. The molecule has 0 aromatic rings. The standard InChI is InChI=1S/C17H33N3O3/c1-13(2)11-19-15(21)8-9-18-14-7-6-10-20(12-14)16(22)23-17(3,4)5/h13-14,18H,6-12H2,1-5H3,(H,19,21). The minimum absolute atomic E-state index is 0.0750. The molecule has 1 saturated heterocycles. The molecule has 1 heterocycles. The molecule has 2 N–H and O–H groups in total. The molecule has 0 aromatic heterocycles. The predicted molar refractivity (Wildman–Crippen MR) is 91.3 cm³/mol. The number of carbonyl (C=O) groups is 2. The van der Waals surface area contributed by atoms with Crippen molar-refractivity contribution in [1.29, 1.82) is 0 Å². The van der Waals surface area contributed by atoms with Gasteiger partial charge in [0.1, 0.15) is 5.60 Å². The molecule has 6 heteroatoms. The lowest BCUT2D eigenvalue weighted by molar-refractivity contribution is -0.121. The van der Waals surface area contributed by atoms with Crippen molar-refractivity contribution in [3.63, 3.8) is 0 Å². The number of nitrogens with zero attached hydrogens (tertiary/aromatic N) is 1. The van der Waals surface area contributed by atoms with E-state index in [9.17, 15) is 9.59 Å². The predicted octanol–water partition coefficient (Wildman–Crippen LogP) is 2.14. The lowest BCUT2D eigenvalue weighted by Gasteiger charge is -2.34. The molecule has 1 unspecified atom stereocenters. The van der Waals surface area contributed by atoms with Gasteiger partial charge in [-0.3, -0.25) is 4.79 Å². The molecular weight excluding hydrogens is 294 g/mol. The van der Waals surface area contributed by atoms with E-state index in [4.69, 9.17) is 4.74 Å². The molecule has 1 aliphatic rings. The molecule has 1 fully saturated rings. The highest BCUT2D eigenvalue weighted by Crippen LogP contribution is 2.15. The highest BCUT2D eigenvalue weighted by atomic mass is 16.6. The summed E-state index contributed by atoms with van der Waals surface area (Å²) in [6, 6.07) is 0.231. The van der Waals surface area contributed by atoms with Crippen LogP contribution in [-0.2, 0) is 9.53 Å². The van der Waals surface area contributed by atoms with Crippen molar-refractivity contribution in [2.75, 3.05) is 26.2 Å². The van der Waals surface area contributed by atoms with Crippen molar-refractivity contribution < 1.29 is 14.3 Å². The van der Waals surface area contributed by atoms with E-state index in [0.29, 0.717) is 32.0 Å². The van der Waals surface area contributed by atoms with Crippen LogP contribution < -0.4 is 10.6 Å². The average molecular weight is 327 g/mol. The van der Waals surface area contributed by atoms with Crippen molar-refractivity contribution in [2.45, 2.75) is 65.5 Å². The topological polar surface area (TPSA) is 70.7 Å². The average Bonchev–Trinajstić information content (AvgIpc) is 2.43. The number of nitrogens with one attached hydrogen (secondary N) is 2. The molecule has 1 rings (SSSR count). The second-order valence-corrected chi connectivity index (χ2v) is 7.67. The van der Waals surface area contributed by atoms with E-state index >= 15 is 0 Å². The first-order valence-corrected chi connectivity index (χ1v) is 8.65. The van der Waals surface area contributed by atoms with Gasteiger partial charge in [0.2, 0.25) is 5.91 Å². The SMILES string of the molecule is CC(C)CNC(=O)CCNC1CCCN(C(=O)OC(C)(C)C)C1. The third-order valence-corrected chi connectivity index (χ3v) is 3.57. The third kappa shape index (κ3) is 8.79. The first-order chi connectivity index (χ1) is 10.7. The van der Waals surface area contributed by atoms with E-state index in [-0.39, 0.29) is 18.0 Å². The second-order valence-electron chi connectivity index (χ2n) is 7.67. The minimum atomic E-state index is -0.466. The molecule has 0 radical (unpaired) electrons. The quantitative estimate of drug-likeness (QED) is 0.784. The van der Waals surface area contributed by atoms with Crippen LogP contribution in [0.2, 0.25) is 0 Å². The summed E-state index contributed by atoms with van der Waals surface area (Å²) in [5, 5.41) is 6.29. The number of piperidine rings is 1. The molecule has 2 amide bonds. The van der Waals surface area contributed by atoms with E-state index in [2.05, 4.69) is 24.5 Å². The van der Waals surface area contributed by atoms with Gasteiger partial charge >= 0.3 is 6.09 Å². The summed E-state index contributed by atoms with van der Waals surface area (Å²) in [5.74, 6) is 0.540. The summed E-state index contributed by atoms with van der Waals surface area (Å²) in [7, 11) is 0. The van der Waals surface area contributed by atoms with Crippen LogP contribution in [0.4, 0.5) is 4.79 Å². The van der Waals surface area contributed by atoms with Gasteiger partial charge in [0.15, 0.2) is 0 Å². The molecule has 0 aliphatic carbocycles. The van der Waals surface area contributed by atoms with Crippen molar-refractivity contribution in [1.82, 2.24) is 15.5 Å². The van der Waals surface area contributed by atoms with Crippen LogP contribution in [0.1, 0.15) is 53.9 Å². The lowest BCUT2D eigenvalue weighted by Crippen LogP contribution is -2.49. The fourth-order valence-corrected chi connectivity index (χ4v) is 2.43. The molecular formula is C17H33N3O3. The van der Waals surface area contributed by atoms with Gasteiger partial charge in [0.05, 0.1) is 0 Å². The number of rotatable bonds is 6. The van der Waals surface area contributed by atoms with Gasteiger partial charge in [-0.1, -0.05) is 13.8 Å². The highest BCUT2D eigenvalue weighted by Gasteiger charge is 2.27. The normalized spacial score (nSPS) is 18.9. The summed E-state index contributed by atoms with van der Waals surface area (Å²) < 4.78 is 5.42. The van der Waals surface area contributed by atoms with E-state index in [1.54, 1.807) is 4.90 Å². The summed E-state index contributed by atoms with van der Waals surface area (Å²) in [6.07, 6.45) is 2.19. The lowest BCUT2D eigenvalue weighted by atomic mass is 10.1. The van der Waals surface area contributed by atoms with E-state index in [1.807, 2.05) is 20.8 Å². The summed E-state index contributed by atoms with van der Waals surface area (Å²) in [5.41, 5.74) is -0.466. The molecule has 134 valence electrons. The molecule has 1 aliphatic heterocycles. The number of ether oxygens (including phenoxy) is 1. The van der Waals surface area contributed by atoms with E-state index in [0.717, 1.165) is 19.4 Å². The molecule has 0 saturated carbocycles. The monoisotopic (exact) mass is 327 g/mol. The smallest absolute Gasteiger partial charge is 0.410 e. The van der Waals surface area contributed by atoms with Gasteiger partial charge in [-0.2, -0.15) is 0 Å². The van der Waals surface area contributed by atoms with Gasteiger partial charge in [-0.25, -0.2) is 4.79 Å². The van der Waals surface area contributed by atoms with Crippen molar-refractivity contribution >= 4 is 12.0 Å². The van der Waals surface area contributed by atoms with Gasteiger partial charge in [-0.05, 0) is 39.5 Å². The molecule has 1 atom stereocenters. The van der Waals surface area contributed by atoms with Crippen LogP contribution in [-0.4, -0.2) is 54.7 Å². The van der Waals surface area contributed by atoms with Crippen LogP contribution >= 0.6 is 0 Å². The van der Waals surface area contributed by atoms with Crippen molar-refractivity contribution in [3.8, 4) is 0 Å². The maximum Gasteiger partial charge on any atom is 0.410 e. The van der Waals surface area contributed by atoms with Crippen LogP contribution in [0, 0.1) is 5.92 Å². The van der Waals surface area contributed by atoms with Gasteiger partial charge in [0, 0.05) is 38.6 Å². The number of amides is 2. The zero-order valence-electron chi connectivity index (χ0n) is 15.3. The van der Waals surface area contributed by atoms with Crippen molar-refractivity contribution in [3.05, 3.63) is 0 Å². The summed E-state index contributed by atoms with van der Waals surface area (Å²) >= 11 is 0. The third-order valence-electron chi connectivity index (χ3n) is 3.57. The first kappa shape index (κ1) is 19.7. The van der Waals surface area contributed by atoms with E-state index in [1.165, 1.54) is 0 Å². The largest absolute Gasteiger partial charge is 0.444 e. The Hall–Kier alpha value is -1.30. The zero-order valence-corrected chi connectivity index (χ0v) is 15.3. The second kappa shape index (κ2) is 9.11. The number of hydrogen-bond acceptors (Lipinski definition) is 4. The molecule has 0 aromatic carbocycles. The Morgan fingerprint density at radius 2 is 2.00 bits per heavy atom. The van der Waals surface area contributed by atoms with Crippen molar-refractivity contribution in [2.24, 2.45) is 5.92 Å². The molecule has 0 spiro atoms. The van der Waals surface area contributed by atoms with Crippen LogP contribution in [0.15, 0.2) is 0 Å². The first-order valence-electron chi connectivity index (χ1n) is 8.65. The maximum absolute atomic E-state index is 12.1. The number of carbonyl (C=O) groups excluding carboxylic acids is 2. The fraction of sp³-hybridized carbons (Fsp3) is 0.882. The van der Waals surface area contributed by atoms with E-state index < -0.39 is 5.60 Å². The fourth-order valence-electron chi connectivity index (χ4n) is 2.43. The summed E-state index contributed by atoms with van der Waals surface area (Å²) in [4.78, 5) is 25.5. The van der Waals surface area contributed by atoms with Crippen LogP contribution in [0.3, 0.4) is 0 Å². The Kier molecular flexibility index (Phi) is 7.82. The van der Waals surface area contributed by atoms with Gasteiger partial charge in [0.25, 0.3) is 0 Å². The Balaban J connectivity index is 2.27. The highest BCUT2D eigenvalue weighted by molar-refractivity contribution is 5.76. The number of hydrogen-bond donors (Lipinski definition) is 2. The Morgan fingerprint density at radius 3 is 2.61 bits per heavy atom. The van der Waals surface area contributed by atoms with Gasteiger partial charge < -0.3 is 20.3 Å².